The largest absolute Gasteiger partial charge is 0.508 e. The summed E-state index contributed by atoms with van der Waals surface area (Å²) in [5.74, 6) is -0.884. The molecule has 1 atom stereocenters. The molecule has 1 aromatic carbocycles. The molecule has 2 amide bonds. The van der Waals surface area contributed by atoms with Gasteiger partial charge in [-0.1, -0.05) is 0 Å². The quantitative estimate of drug-likeness (QED) is 0.687. The number of carbonyl (C=O) groups is 2. The lowest BCUT2D eigenvalue weighted by Crippen LogP contribution is -2.42. The summed E-state index contributed by atoms with van der Waals surface area (Å²) in [6.07, 6.45) is 0. The number of aromatic hydroxyl groups is 1. The third-order valence-corrected chi connectivity index (χ3v) is 2.23. The maximum absolute atomic E-state index is 11.7. The molecule has 0 saturated carbocycles. The number of aryl methyl sites for hydroxylation is 1. The molecule has 0 aliphatic rings. The van der Waals surface area contributed by atoms with Crippen molar-refractivity contribution in [3.8, 4) is 5.75 Å². The first-order chi connectivity index (χ1) is 7.41. The molecule has 16 heavy (non-hydrogen) atoms. The summed E-state index contributed by atoms with van der Waals surface area (Å²) in [7, 11) is 0. The van der Waals surface area contributed by atoms with Crippen LogP contribution in [0, 0.1) is 6.92 Å². The monoisotopic (exact) mass is 222 g/mol. The lowest BCUT2D eigenvalue weighted by molar-refractivity contribution is -0.119. The van der Waals surface area contributed by atoms with Crippen molar-refractivity contribution in [2.24, 2.45) is 5.73 Å². The predicted octanol–water partition coefficient (Wildman–Crippen LogP) is 0.304. The van der Waals surface area contributed by atoms with Crippen molar-refractivity contribution < 1.29 is 14.7 Å². The van der Waals surface area contributed by atoms with E-state index in [1.54, 1.807) is 6.92 Å². The van der Waals surface area contributed by atoms with Gasteiger partial charge in [0.25, 0.3) is 5.91 Å². The smallest absolute Gasteiger partial charge is 0.252 e. The average molecular weight is 222 g/mol. The van der Waals surface area contributed by atoms with Crippen LogP contribution in [-0.2, 0) is 4.79 Å². The lowest BCUT2D eigenvalue weighted by Gasteiger charge is -2.11. The fraction of sp³-hybridized carbons (Fsp3) is 0.273. The van der Waals surface area contributed by atoms with Gasteiger partial charge >= 0.3 is 0 Å². The third kappa shape index (κ3) is 2.73. The summed E-state index contributed by atoms with van der Waals surface area (Å²) in [6, 6.07) is 3.66. The highest BCUT2D eigenvalue weighted by Crippen LogP contribution is 2.15. The summed E-state index contributed by atoms with van der Waals surface area (Å²) < 4.78 is 0. The van der Waals surface area contributed by atoms with Gasteiger partial charge in [0.1, 0.15) is 11.8 Å². The molecule has 0 saturated heterocycles. The van der Waals surface area contributed by atoms with Gasteiger partial charge in [-0.3, -0.25) is 9.59 Å². The van der Waals surface area contributed by atoms with Gasteiger partial charge in [-0.15, -0.1) is 0 Å². The van der Waals surface area contributed by atoms with E-state index in [-0.39, 0.29) is 11.7 Å². The van der Waals surface area contributed by atoms with Crippen LogP contribution in [0.1, 0.15) is 22.8 Å². The van der Waals surface area contributed by atoms with E-state index in [0.29, 0.717) is 11.1 Å². The number of benzene rings is 1. The maximum Gasteiger partial charge on any atom is 0.252 e. The molecular weight excluding hydrogens is 208 g/mol. The minimum atomic E-state index is -0.722. The number of hydrogen-bond acceptors (Lipinski definition) is 3. The van der Waals surface area contributed by atoms with Crippen LogP contribution < -0.4 is 11.1 Å². The van der Waals surface area contributed by atoms with Crippen LogP contribution in [0.3, 0.4) is 0 Å². The minimum Gasteiger partial charge on any atom is -0.508 e. The second kappa shape index (κ2) is 4.65. The van der Waals surface area contributed by atoms with Crippen molar-refractivity contribution in [1.29, 1.82) is 0 Å². The molecule has 5 heteroatoms. The number of carbonyl (C=O) groups excluding carboxylic acids is 2. The molecule has 86 valence electrons. The predicted molar refractivity (Wildman–Crippen MR) is 59.0 cm³/mol. The first-order valence-corrected chi connectivity index (χ1v) is 4.81. The highest BCUT2D eigenvalue weighted by atomic mass is 16.3. The molecule has 4 N–H and O–H groups in total. The van der Waals surface area contributed by atoms with E-state index >= 15 is 0 Å². The maximum atomic E-state index is 11.7. The summed E-state index contributed by atoms with van der Waals surface area (Å²) in [5.41, 5.74) is 6.07. The zero-order valence-electron chi connectivity index (χ0n) is 9.15. The Morgan fingerprint density at radius 2 is 2.06 bits per heavy atom. The summed E-state index contributed by atoms with van der Waals surface area (Å²) in [5, 5.41) is 11.6. The Hall–Kier alpha value is -2.04. The average Bonchev–Trinajstić information content (AvgIpc) is 2.16. The number of phenolic OH excluding ortho intramolecular Hbond substituents is 1. The SMILES string of the molecule is Cc1cc(O)ccc1C(=O)NC(C)C(N)=O. The Bertz CT molecular complexity index is 429. The topological polar surface area (TPSA) is 92.4 Å². The molecule has 0 fully saturated rings. The van der Waals surface area contributed by atoms with Crippen LogP contribution in [0.4, 0.5) is 0 Å². The van der Waals surface area contributed by atoms with Crippen LogP contribution >= 0.6 is 0 Å². The highest BCUT2D eigenvalue weighted by Gasteiger charge is 2.15. The molecule has 0 heterocycles. The van der Waals surface area contributed by atoms with E-state index in [4.69, 9.17) is 5.73 Å². The van der Waals surface area contributed by atoms with Gasteiger partial charge in [0, 0.05) is 5.56 Å². The number of rotatable bonds is 3. The molecule has 0 aliphatic heterocycles. The van der Waals surface area contributed by atoms with Crippen molar-refractivity contribution in [3.05, 3.63) is 29.3 Å². The summed E-state index contributed by atoms with van der Waals surface area (Å²) in [6.45, 7) is 3.21. The second-order valence-electron chi connectivity index (χ2n) is 3.60. The normalized spacial score (nSPS) is 11.9. The number of phenols is 1. The Morgan fingerprint density at radius 3 is 2.56 bits per heavy atom. The van der Waals surface area contributed by atoms with Crippen molar-refractivity contribution in [1.82, 2.24) is 5.32 Å². The van der Waals surface area contributed by atoms with Crippen LogP contribution in [0.15, 0.2) is 18.2 Å². The van der Waals surface area contributed by atoms with Gasteiger partial charge in [-0.25, -0.2) is 0 Å². The van der Waals surface area contributed by atoms with Crippen LogP contribution in [0.2, 0.25) is 0 Å². The second-order valence-corrected chi connectivity index (χ2v) is 3.60. The Kier molecular flexibility index (Phi) is 3.50. The Morgan fingerprint density at radius 1 is 1.44 bits per heavy atom. The van der Waals surface area contributed by atoms with Crippen LogP contribution in [0.5, 0.6) is 5.75 Å². The van der Waals surface area contributed by atoms with Crippen LogP contribution in [0.25, 0.3) is 0 Å². The summed E-state index contributed by atoms with van der Waals surface area (Å²) >= 11 is 0. The van der Waals surface area contributed by atoms with E-state index in [0.717, 1.165) is 0 Å². The molecule has 0 aromatic heterocycles. The Labute approximate surface area is 93.3 Å². The number of hydrogen-bond donors (Lipinski definition) is 3. The Balaban J connectivity index is 2.85. The zero-order chi connectivity index (χ0) is 12.3. The third-order valence-electron chi connectivity index (χ3n) is 2.23. The molecule has 0 aliphatic carbocycles. The molecule has 0 bridgehead atoms. The number of primary amides is 1. The molecular formula is C11H14N2O3. The standard InChI is InChI=1S/C11H14N2O3/c1-6-5-8(14)3-4-9(6)11(16)13-7(2)10(12)15/h3-5,7,14H,1-2H3,(H2,12,15)(H,13,16). The first kappa shape index (κ1) is 12.0. The molecule has 1 unspecified atom stereocenters. The molecule has 0 radical (unpaired) electrons. The van der Waals surface area contributed by atoms with Crippen molar-refractivity contribution in [2.45, 2.75) is 19.9 Å². The minimum absolute atomic E-state index is 0.0944. The van der Waals surface area contributed by atoms with E-state index in [9.17, 15) is 14.7 Å². The fourth-order valence-electron chi connectivity index (χ4n) is 1.25. The van der Waals surface area contributed by atoms with Gasteiger partial charge in [-0.2, -0.15) is 0 Å². The number of nitrogens with two attached hydrogens (primary N) is 1. The van der Waals surface area contributed by atoms with E-state index in [1.807, 2.05) is 0 Å². The van der Waals surface area contributed by atoms with Gasteiger partial charge in [0.15, 0.2) is 0 Å². The van der Waals surface area contributed by atoms with Crippen molar-refractivity contribution in [2.75, 3.05) is 0 Å². The van der Waals surface area contributed by atoms with Gasteiger partial charge < -0.3 is 16.2 Å². The highest BCUT2D eigenvalue weighted by molar-refractivity contribution is 5.98. The first-order valence-electron chi connectivity index (χ1n) is 4.81. The van der Waals surface area contributed by atoms with E-state index in [1.165, 1.54) is 25.1 Å². The van der Waals surface area contributed by atoms with Gasteiger partial charge in [0.2, 0.25) is 5.91 Å². The molecule has 5 nitrogen and oxygen atoms in total. The number of nitrogens with one attached hydrogen (secondary N) is 1. The van der Waals surface area contributed by atoms with Crippen LogP contribution in [-0.4, -0.2) is 23.0 Å². The summed E-state index contributed by atoms with van der Waals surface area (Å²) in [4.78, 5) is 22.5. The number of amides is 2. The van der Waals surface area contributed by atoms with Gasteiger partial charge in [-0.05, 0) is 37.6 Å². The van der Waals surface area contributed by atoms with E-state index in [2.05, 4.69) is 5.32 Å². The fourth-order valence-corrected chi connectivity index (χ4v) is 1.25. The lowest BCUT2D eigenvalue weighted by atomic mass is 10.1. The van der Waals surface area contributed by atoms with Crippen molar-refractivity contribution >= 4 is 11.8 Å². The molecule has 0 spiro atoms. The van der Waals surface area contributed by atoms with Gasteiger partial charge in [0.05, 0.1) is 0 Å². The van der Waals surface area contributed by atoms with Crippen molar-refractivity contribution in [3.63, 3.8) is 0 Å². The zero-order valence-corrected chi connectivity index (χ0v) is 9.15. The van der Waals surface area contributed by atoms with E-state index < -0.39 is 11.9 Å². The molecule has 1 aromatic rings. The molecule has 1 rings (SSSR count).